The van der Waals surface area contributed by atoms with Crippen molar-refractivity contribution in [3.63, 3.8) is 0 Å². The number of ketones is 1. The van der Waals surface area contributed by atoms with E-state index in [0.717, 1.165) is 53.7 Å². The van der Waals surface area contributed by atoms with Crippen LogP contribution in [0.15, 0.2) is 59.8 Å². The number of aryl methyl sites for hydroxylation is 1. The first-order valence-electron chi connectivity index (χ1n) is 21.4. The highest BCUT2D eigenvalue weighted by Gasteiger charge is 2.33. The number of aromatic nitrogens is 1. The predicted molar refractivity (Wildman–Crippen MR) is 236 cm³/mol. The van der Waals surface area contributed by atoms with Gasteiger partial charge < -0.3 is 40.0 Å². The Bertz CT molecular complexity index is 2000. The Morgan fingerprint density at radius 2 is 1.65 bits per heavy atom. The molecule has 0 radical (unpaired) electrons. The lowest BCUT2D eigenvalue weighted by molar-refractivity contribution is -0.121. The molecule has 1 aromatic heterocycles. The Morgan fingerprint density at radius 1 is 0.871 bits per heavy atom. The number of rotatable bonds is 26. The molecule has 2 unspecified atom stereocenters. The molecule has 16 nitrogen and oxygen atoms in total. The predicted octanol–water partition coefficient (Wildman–Crippen LogP) is 5.44. The number of pyridine rings is 1. The Labute approximate surface area is 366 Å². The number of nitrogens with one attached hydrogen (secondary N) is 4. The van der Waals surface area contributed by atoms with Gasteiger partial charge in [-0.2, -0.15) is 0 Å². The number of carbonyl (C=O) groups excluding carboxylic acids is 4. The zero-order valence-electron chi connectivity index (χ0n) is 36.8. The number of alkyl carbamates (subject to hydrolysis) is 2. The van der Waals surface area contributed by atoms with Crippen LogP contribution in [0.4, 0.5) is 9.59 Å². The fraction of sp³-hybridized carbons (Fsp3) is 0.533. The molecule has 0 aliphatic heterocycles. The molecule has 62 heavy (non-hydrogen) atoms. The van der Waals surface area contributed by atoms with E-state index >= 15 is 0 Å². The van der Waals surface area contributed by atoms with Gasteiger partial charge in [0.05, 0.1) is 19.3 Å². The molecule has 0 fully saturated rings. The number of amides is 3. The van der Waals surface area contributed by atoms with Gasteiger partial charge in [-0.1, -0.05) is 56.7 Å². The zero-order valence-corrected chi connectivity index (χ0v) is 37.6. The van der Waals surface area contributed by atoms with Crippen molar-refractivity contribution in [2.24, 2.45) is 0 Å². The third kappa shape index (κ3) is 16.7. The highest BCUT2D eigenvalue weighted by atomic mass is 32.2. The Kier molecular flexibility index (Phi) is 23.1. The maximum Gasteiger partial charge on any atom is 0.406 e. The summed E-state index contributed by atoms with van der Waals surface area (Å²) in [5, 5.41) is 16.8. The summed E-state index contributed by atoms with van der Waals surface area (Å²) in [6.07, 6.45) is 7.47. The van der Waals surface area contributed by atoms with Crippen molar-refractivity contribution in [1.29, 1.82) is 0 Å². The third-order valence-corrected chi connectivity index (χ3v) is 11.6. The average Bonchev–Trinajstić information content (AvgIpc) is 3.58. The van der Waals surface area contributed by atoms with Gasteiger partial charge in [-0.05, 0) is 78.5 Å². The number of carbonyl (C=O) groups is 4. The SMILES string of the molecule is CCCCOCCNC(=O)CCCc1ccc2c(c1)C(COC(=O)NC)c1cccc(C(=O)CCCOC(C)CCO)c1-2.CCNS(=O)(=O)c1cnccc1CCOC(=O)NC. The fourth-order valence-electron chi connectivity index (χ4n) is 6.78. The first-order valence-corrected chi connectivity index (χ1v) is 22.9. The maximum absolute atomic E-state index is 13.4. The second-order valence-corrected chi connectivity index (χ2v) is 16.3. The van der Waals surface area contributed by atoms with E-state index in [1.165, 1.54) is 26.5 Å². The normalized spacial score (nSPS) is 13.2. The molecule has 3 amide bonds. The van der Waals surface area contributed by atoms with Crippen molar-refractivity contribution in [3.8, 4) is 11.1 Å². The number of fused-ring (bicyclic) bond motifs is 3. The molecular formula is C45H65N5O11S. The molecule has 2 atom stereocenters. The van der Waals surface area contributed by atoms with Gasteiger partial charge in [-0.25, -0.2) is 22.7 Å². The molecule has 1 aliphatic carbocycles. The highest BCUT2D eigenvalue weighted by molar-refractivity contribution is 7.89. The summed E-state index contributed by atoms with van der Waals surface area (Å²) in [5.74, 6) is -0.144. The number of Topliss-reactive ketones (excluding diaryl/α,β-unsaturated/α-hetero) is 1. The van der Waals surface area contributed by atoms with Crippen molar-refractivity contribution in [3.05, 3.63) is 82.7 Å². The Balaban J connectivity index is 0.000000450. The summed E-state index contributed by atoms with van der Waals surface area (Å²) in [6.45, 7) is 8.57. The monoisotopic (exact) mass is 883 g/mol. The first kappa shape index (κ1) is 51.4. The molecule has 0 saturated heterocycles. The van der Waals surface area contributed by atoms with Crippen molar-refractivity contribution in [1.82, 2.24) is 25.7 Å². The summed E-state index contributed by atoms with van der Waals surface area (Å²) in [5.41, 5.74) is 6.17. The van der Waals surface area contributed by atoms with Gasteiger partial charge in [0.2, 0.25) is 15.9 Å². The first-order chi connectivity index (χ1) is 29.9. The number of unbranched alkanes of at least 4 members (excludes halogenated alkanes) is 1. The summed E-state index contributed by atoms with van der Waals surface area (Å²) in [6, 6.07) is 13.6. The van der Waals surface area contributed by atoms with Crippen LogP contribution in [0.2, 0.25) is 0 Å². The minimum atomic E-state index is -3.57. The fourth-order valence-corrected chi connectivity index (χ4v) is 8.03. The lowest BCUT2D eigenvalue weighted by atomic mass is 9.93. The largest absolute Gasteiger partial charge is 0.449 e. The van der Waals surface area contributed by atoms with Crippen molar-refractivity contribution in [2.45, 2.75) is 95.5 Å². The summed E-state index contributed by atoms with van der Waals surface area (Å²) in [4.78, 5) is 52.4. The van der Waals surface area contributed by atoms with E-state index < -0.39 is 22.2 Å². The van der Waals surface area contributed by atoms with Crippen molar-refractivity contribution >= 4 is 33.9 Å². The summed E-state index contributed by atoms with van der Waals surface area (Å²) in [7, 11) is -0.586. The van der Waals surface area contributed by atoms with Gasteiger partial charge >= 0.3 is 12.2 Å². The second-order valence-electron chi connectivity index (χ2n) is 14.6. The molecule has 3 aromatic rings. The van der Waals surface area contributed by atoms with E-state index in [2.05, 4.69) is 44.7 Å². The highest BCUT2D eigenvalue weighted by Crippen LogP contribution is 2.47. The zero-order chi connectivity index (χ0) is 45.3. The van der Waals surface area contributed by atoms with Crippen LogP contribution in [-0.2, 0) is 46.6 Å². The molecule has 17 heteroatoms. The van der Waals surface area contributed by atoms with Crippen LogP contribution in [0.25, 0.3) is 11.1 Å². The molecule has 5 N–H and O–H groups in total. The van der Waals surface area contributed by atoms with Crippen LogP contribution in [-0.4, -0.2) is 115 Å². The molecule has 0 saturated carbocycles. The van der Waals surface area contributed by atoms with Gasteiger partial charge in [-0.15, -0.1) is 0 Å². The molecule has 2 aromatic carbocycles. The summed E-state index contributed by atoms with van der Waals surface area (Å²) >= 11 is 0. The quantitative estimate of drug-likeness (QED) is 0.0503. The van der Waals surface area contributed by atoms with Gasteiger partial charge in [0.25, 0.3) is 0 Å². The van der Waals surface area contributed by atoms with Crippen LogP contribution < -0.4 is 20.7 Å². The van der Waals surface area contributed by atoms with Crippen LogP contribution in [0.5, 0.6) is 0 Å². The molecule has 342 valence electrons. The lowest BCUT2D eigenvalue weighted by Gasteiger charge is -2.15. The topological polar surface area (TPSA) is 221 Å². The van der Waals surface area contributed by atoms with E-state index in [1.807, 2.05) is 31.2 Å². The number of nitrogens with zero attached hydrogens (tertiary/aromatic N) is 1. The Morgan fingerprint density at radius 3 is 2.37 bits per heavy atom. The number of aliphatic hydroxyl groups excluding tert-OH is 1. The number of sulfonamides is 1. The lowest BCUT2D eigenvalue weighted by Crippen LogP contribution is -2.27. The molecular weight excluding hydrogens is 819 g/mol. The van der Waals surface area contributed by atoms with Crippen LogP contribution in [0.3, 0.4) is 0 Å². The van der Waals surface area contributed by atoms with Gasteiger partial charge in [0.15, 0.2) is 5.78 Å². The van der Waals surface area contributed by atoms with Crippen LogP contribution in [0.1, 0.15) is 104 Å². The van der Waals surface area contributed by atoms with E-state index in [4.69, 9.17) is 24.1 Å². The van der Waals surface area contributed by atoms with Crippen molar-refractivity contribution in [2.75, 3.05) is 66.8 Å². The molecule has 1 heterocycles. The molecule has 4 rings (SSSR count). The number of aliphatic hydroxyl groups is 1. The van der Waals surface area contributed by atoms with Crippen LogP contribution >= 0.6 is 0 Å². The van der Waals surface area contributed by atoms with E-state index in [-0.39, 0.29) is 48.4 Å². The Hall–Kier alpha value is -4.94. The van der Waals surface area contributed by atoms with E-state index in [9.17, 15) is 27.6 Å². The molecule has 0 bridgehead atoms. The minimum absolute atomic E-state index is 0.0147. The third-order valence-electron chi connectivity index (χ3n) is 9.99. The number of benzene rings is 2. The smallest absolute Gasteiger partial charge is 0.406 e. The molecule has 1 aliphatic rings. The summed E-state index contributed by atoms with van der Waals surface area (Å²) < 4.78 is 47.8. The van der Waals surface area contributed by atoms with Crippen molar-refractivity contribution < 1.29 is 51.6 Å². The number of hydrogen-bond donors (Lipinski definition) is 5. The number of hydrogen-bond acceptors (Lipinski definition) is 12. The standard InChI is InChI=1S/C34H48N2O7.C11H17N3O4S/c1-4-5-19-41-21-17-36-32(39)13-6-9-25-14-15-27-29(22-25)30(23-43-34(40)35-3)26-10-7-11-28(33(26)27)31(38)12-8-20-42-24(2)16-18-37;1-3-14-19(16,17)10-8-13-6-4-9(10)5-7-18-11(15)12-2/h7,10-11,14-15,22,24,30,37H,4-6,8-9,12-13,16-21,23H2,1-3H3,(H,35,40)(H,36,39);4,6,8,14H,3,5,7H2,1-2H3,(H,12,15). The second kappa shape index (κ2) is 27.9. The average molecular weight is 884 g/mol. The van der Waals surface area contributed by atoms with Gasteiger partial charge in [0, 0.05) is 90.1 Å². The van der Waals surface area contributed by atoms with Gasteiger partial charge in [-0.3, -0.25) is 14.6 Å². The minimum Gasteiger partial charge on any atom is -0.449 e. The molecule has 0 spiro atoms. The maximum atomic E-state index is 13.4. The van der Waals surface area contributed by atoms with E-state index in [1.54, 1.807) is 13.0 Å². The van der Waals surface area contributed by atoms with Crippen LogP contribution in [0, 0.1) is 0 Å². The number of ether oxygens (including phenoxy) is 4. The van der Waals surface area contributed by atoms with E-state index in [0.29, 0.717) is 76.0 Å². The van der Waals surface area contributed by atoms with Gasteiger partial charge in [0.1, 0.15) is 11.5 Å².